The van der Waals surface area contributed by atoms with Crippen LogP contribution in [0.3, 0.4) is 0 Å². The van der Waals surface area contributed by atoms with Crippen molar-refractivity contribution < 1.29 is 0 Å². The summed E-state index contributed by atoms with van der Waals surface area (Å²) < 4.78 is 0. The molecule has 1 atom stereocenters. The lowest BCUT2D eigenvalue weighted by atomic mass is 9.78. The molecule has 1 unspecified atom stereocenters. The molecular formula is C24H46N4. The monoisotopic (exact) mass is 390 g/mol. The van der Waals surface area contributed by atoms with Gasteiger partial charge in [0.25, 0.3) is 0 Å². The number of nitrogens with one attached hydrogen (secondary N) is 1. The summed E-state index contributed by atoms with van der Waals surface area (Å²) in [5.41, 5.74) is 0.285. The fourth-order valence-electron chi connectivity index (χ4n) is 5.13. The molecule has 0 aromatic heterocycles. The fourth-order valence-corrected chi connectivity index (χ4v) is 5.13. The Hall–Kier alpha value is -0.900. The lowest BCUT2D eigenvalue weighted by Gasteiger charge is -2.52. The maximum Gasteiger partial charge on any atom is 0.127 e. The fraction of sp³-hybridized carbons (Fsp3) is 0.917. The van der Waals surface area contributed by atoms with Crippen molar-refractivity contribution in [3.8, 4) is 0 Å². The third-order valence-electron chi connectivity index (χ3n) is 6.06. The van der Waals surface area contributed by atoms with E-state index in [1.807, 2.05) is 0 Å². The number of hydrogen-bond acceptors (Lipinski definition) is 4. The van der Waals surface area contributed by atoms with Crippen molar-refractivity contribution in [1.29, 1.82) is 0 Å². The number of piperidine rings is 1. The summed E-state index contributed by atoms with van der Waals surface area (Å²) in [4.78, 5) is 13.0. The highest BCUT2D eigenvalue weighted by Gasteiger charge is 2.43. The zero-order valence-electron chi connectivity index (χ0n) is 19.8. The first-order chi connectivity index (χ1) is 13.2. The minimum Gasteiger partial charge on any atom is -0.335 e. The number of amidine groups is 2. The molecular weight excluding hydrogens is 344 g/mol. The van der Waals surface area contributed by atoms with E-state index in [2.05, 4.69) is 58.7 Å². The molecule has 2 aliphatic heterocycles. The molecule has 1 N–H and O–H groups in total. The molecule has 0 amide bonds. The molecule has 2 heterocycles. The lowest BCUT2D eigenvalue weighted by molar-refractivity contribution is 0.0802. The van der Waals surface area contributed by atoms with E-state index in [1.165, 1.54) is 44.4 Å². The van der Waals surface area contributed by atoms with Crippen LogP contribution in [-0.4, -0.2) is 39.9 Å². The summed E-state index contributed by atoms with van der Waals surface area (Å²) >= 11 is 0. The average molecular weight is 391 g/mol. The van der Waals surface area contributed by atoms with E-state index in [0.717, 1.165) is 37.9 Å². The van der Waals surface area contributed by atoms with E-state index < -0.39 is 0 Å². The Morgan fingerprint density at radius 1 is 0.893 bits per heavy atom. The maximum atomic E-state index is 5.20. The quantitative estimate of drug-likeness (QED) is 0.475. The molecule has 0 aliphatic carbocycles. The summed E-state index contributed by atoms with van der Waals surface area (Å²) in [6.45, 7) is 16.2. The van der Waals surface area contributed by atoms with Gasteiger partial charge in [-0.3, -0.25) is 0 Å². The van der Waals surface area contributed by atoms with Crippen molar-refractivity contribution in [1.82, 2.24) is 10.2 Å². The van der Waals surface area contributed by atoms with Gasteiger partial charge in [0.15, 0.2) is 0 Å². The van der Waals surface area contributed by atoms with Crippen molar-refractivity contribution >= 4 is 11.7 Å². The summed E-state index contributed by atoms with van der Waals surface area (Å²) in [5, 5.41) is 3.85. The number of aliphatic imine (C=N–C) groups is 2. The van der Waals surface area contributed by atoms with Crippen molar-refractivity contribution in [3.05, 3.63) is 0 Å². The Bertz CT molecular complexity index is 531. The Morgan fingerprint density at radius 3 is 2.04 bits per heavy atom. The second kappa shape index (κ2) is 10.2. The zero-order chi connectivity index (χ0) is 20.8. The SMILES string of the molecule is CCCCC1=NC(CCCC)N(C2CC(C)(C)NC(C)(C)C2)C(CCCC)=N1. The van der Waals surface area contributed by atoms with E-state index in [9.17, 15) is 0 Å². The van der Waals surface area contributed by atoms with Crippen LogP contribution in [0.25, 0.3) is 0 Å². The van der Waals surface area contributed by atoms with Crippen LogP contribution in [0, 0.1) is 0 Å². The first kappa shape index (κ1) is 23.4. The number of unbranched alkanes of at least 4 members (excludes halogenated alkanes) is 3. The van der Waals surface area contributed by atoms with Crippen molar-refractivity contribution in [3.63, 3.8) is 0 Å². The van der Waals surface area contributed by atoms with Gasteiger partial charge in [0, 0.05) is 30.0 Å². The molecule has 2 rings (SSSR count). The Kier molecular flexibility index (Phi) is 8.54. The van der Waals surface area contributed by atoms with E-state index in [0.29, 0.717) is 6.04 Å². The predicted molar refractivity (Wildman–Crippen MR) is 123 cm³/mol. The van der Waals surface area contributed by atoms with Gasteiger partial charge in [-0.1, -0.05) is 40.0 Å². The molecule has 2 aliphatic rings. The predicted octanol–water partition coefficient (Wildman–Crippen LogP) is 6.30. The average Bonchev–Trinajstić information content (AvgIpc) is 2.59. The third kappa shape index (κ3) is 6.57. The van der Waals surface area contributed by atoms with E-state index in [4.69, 9.17) is 9.98 Å². The minimum atomic E-state index is 0.143. The van der Waals surface area contributed by atoms with E-state index in [-0.39, 0.29) is 17.2 Å². The standard InChI is InChI=1S/C24H46N4/c1-8-11-14-20-25-21(15-12-9-2)28(22(26-20)16-13-10-3)19-17-23(4,5)27-24(6,7)18-19/h19,21,27H,8-18H2,1-7H3. The number of hydrogen-bond donors (Lipinski definition) is 1. The topological polar surface area (TPSA) is 40.0 Å². The second-order valence-corrected chi connectivity index (χ2v) is 10.3. The van der Waals surface area contributed by atoms with Crippen LogP contribution < -0.4 is 5.32 Å². The van der Waals surface area contributed by atoms with Crippen LogP contribution in [-0.2, 0) is 0 Å². The highest BCUT2D eigenvalue weighted by atomic mass is 15.4. The van der Waals surface area contributed by atoms with Gasteiger partial charge in [-0.2, -0.15) is 0 Å². The molecule has 0 bridgehead atoms. The van der Waals surface area contributed by atoms with Gasteiger partial charge in [-0.05, 0) is 66.2 Å². The molecule has 0 saturated carbocycles. The Morgan fingerprint density at radius 2 is 1.46 bits per heavy atom. The second-order valence-electron chi connectivity index (χ2n) is 10.3. The molecule has 0 spiro atoms. The summed E-state index contributed by atoms with van der Waals surface area (Å²) in [5.74, 6) is 2.43. The zero-order valence-corrected chi connectivity index (χ0v) is 19.8. The highest BCUT2D eigenvalue weighted by molar-refractivity contribution is 5.99. The first-order valence-corrected chi connectivity index (χ1v) is 11.9. The van der Waals surface area contributed by atoms with Crippen LogP contribution in [0.5, 0.6) is 0 Å². The number of rotatable bonds is 10. The molecule has 0 aromatic rings. The van der Waals surface area contributed by atoms with Crippen LogP contribution in [0.15, 0.2) is 9.98 Å². The molecule has 162 valence electrons. The van der Waals surface area contributed by atoms with Gasteiger partial charge in [0.05, 0.1) is 0 Å². The van der Waals surface area contributed by atoms with Crippen molar-refractivity contribution in [2.75, 3.05) is 0 Å². The Labute approximate surface area is 174 Å². The minimum absolute atomic E-state index is 0.143. The first-order valence-electron chi connectivity index (χ1n) is 11.9. The van der Waals surface area contributed by atoms with Crippen LogP contribution in [0.4, 0.5) is 0 Å². The highest BCUT2D eigenvalue weighted by Crippen LogP contribution is 2.35. The summed E-state index contributed by atoms with van der Waals surface area (Å²) in [6, 6.07) is 0.514. The smallest absolute Gasteiger partial charge is 0.127 e. The van der Waals surface area contributed by atoms with Gasteiger partial charge >= 0.3 is 0 Å². The van der Waals surface area contributed by atoms with Gasteiger partial charge in [-0.25, -0.2) is 9.98 Å². The van der Waals surface area contributed by atoms with Gasteiger partial charge in [0.1, 0.15) is 17.8 Å². The summed E-state index contributed by atoms with van der Waals surface area (Å²) in [6.07, 6.45) is 13.2. The normalized spacial score (nSPS) is 24.8. The maximum absolute atomic E-state index is 5.20. The van der Waals surface area contributed by atoms with Crippen molar-refractivity contribution in [2.45, 2.75) is 142 Å². The van der Waals surface area contributed by atoms with E-state index >= 15 is 0 Å². The van der Waals surface area contributed by atoms with Gasteiger partial charge < -0.3 is 10.2 Å². The van der Waals surface area contributed by atoms with Crippen molar-refractivity contribution in [2.24, 2.45) is 9.98 Å². The largest absolute Gasteiger partial charge is 0.335 e. The van der Waals surface area contributed by atoms with E-state index in [1.54, 1.807) is 0 Å². The molecule has 4 nitrogen and oxygen atoms in total. The third-order valence-corrected chi connectivity index (χ3v) is 6.06. The van der Waals surface area contributed by atoms with Crippen LogP contribution in [0.2, 0.25) is 0 Å². The number of nitrogens with zero attached hydrogens (tertiary/aromatic N) is 3. The molecule has 0 radical (unpaired) electrons. The Balaban J connectivity index is 2.34. The van der Waals surface area contributed by atoms with Gasteiger partial charge in [-0.15, -0.1) is 0 Å². The molecule has 1 fully saturated rings. The molecule has 1 saturated heterocycles. The summed E-state index contributed by atoms with van der Waals surface area (Å²) in [7, 11) is 0. The lowest BCUT2D eigenvalue weighted by Crippen LogP contribution is -2.64. The van der Waals surface area contributed by atoms with Crippen LogP contribution in [0.1, 0.15) is 119 Å². The van der Waals surface area contributed by atoms with Crippen LogP contribution >= 0.6 is 0 Å². The molecule has 0 aromatic carbocycles. The molecule has 28 heavy (non-hydrogen) atoms. The van der Waals surface area contributed by atoms with Gasteiger partial charge in [0.2, 0.25) is 0 Å². The molecule has 4 heteroatoms.